The van der Waals surface area contributed by atoms with Gasteiger partial charge in [0, 0.05) is 32.3 Å². The minimum Gasteiger partial charge on any atom is -0.350 e. The first-order valence-corrected chi connectivity index (χ1v) is 14.1. The van der Waals surface area contributed by atoms with Crippen LogP contribution in [-0.2, 0) is 20.9 Å². The molecular formula is C31H54N4O3. The SMILES string of the molecule is C/C(=C\[C@H](C(C)C)N(C)C(=O)CNC=O)C(=O)N(C)Cc1ccccc1.CC(C)N1CCCCC1.CCC. The number of hydrogen-bond donors (Lipinski definition) is 1. The molecule has 0 saturated carbocycles. The van der Waals surface area contributed by atoms with Crippen molar-refractivity contribution < 1.29 is 14.4 Å². The van der Waals surface area contributed by atoms with Crippen molar-refractivity contribution in [3.8, 4) is 0 Å². The molecule has 0 radical (unpaired) electrons. The van der Waals surface area contributed by atoms with Gasteiger partial charge in [0.2, 0.25) is 18.2 Å². The molecule has 1 aliphatic rings. The predicted molar refractivity (Wildman–Crippen MR) is 159 cm³/mol. The van der Waals surface area contributed by atoms with Gasteiger partial charge in [0.1, 0.15) is 0 Å². The summed E-state index contributed by atoms with van der Waals surface area (Å²) in [6.45, 7) is 17.7. The maximum absolute atomic E-state index is 12.7. The third-order valence-corrected chi connectivity index (χ3v) is 6.35. The molecule has 0 unspecified atom stereocenters. The Balaban J connectivity index is 0.000000938. The van der Waals surface area contributed by atoms with Crippen molar-refractivity contribution in [2.75, 3.05) is 33.7 Å². The fourth-order valence-electron chi connectivity index (χ4n) is 4.16. The van der Waals surface area contributed by atoms with E-state index in [0.717, 1.165) is 11.6 Å². The highest BCUT2D eigenvalue weighted by Gasteiger charge is 2.23. The molecule has 1 aromatic rings. The van der Waals surface area contributed by atoms with Crippen LogP contribution in [-0.4, -0.2) is 78.7 Å². The molecule has 0 bridgehead atoms. The number of likely N-dealkylation sites (N-methyl/N-ethyl adjacent to an activating group) is 2. The third-order valence-electron chi connectivity index (χ3n) is 6.35. The van der Waals surface area contributed by atoms with Crippen LogP contribution < -0.4 is 5.32 Å². The summed E-state index contributed by atoms with van der Waals surface area (Å²) in [5.41, 5.74) is 1.65. The van der Waals surface area contributed by atoms with Gasteiger partial charge in [0.25, 0.3) is 0 Å². The highest BCUT2D eigenvalue weighted by atomic mass is 16.2. The van der Waals surface area contributed by atoms with Crippen LogP contribution in [0.15, 0.2) is 42.0 Å². The van der Waals surface area contributed by atoms with Crippen molar-refractivity contribution in [1.82, 2.24) is 20.0 Å². The number of carbonyl (C=O) groups is 3. The monoisotopic (exact) mass is 530 g/mol. The normalized spacial score (nSPS) is 14.4. The quantitative estimate of drug-likeness (QED) is 0.337. The van der Waals surface area contributed by atoms with E-state index >= 15 is 0 Å². The second-order valence-corrected chi connectivity index (χ2v) is 10.6. The predicted octanol–water partition coefficient (Wildman–Crippen LogP) is 5.12. The van der Waals surface area contributed by atoms with Gasteiger partial charge in [-0.1, -0.05) is 76.9 Å². The van der Waals surface area contributed by atoms with Crippen LogP contribution >= 0.6 is 0 Å². The molecule has 0 spiro atoms. The van der Waals surface area contributed by atoms with Crippen LogP contribution in [0.4, 0.5) is 0 Å². The van der Waals surface area contributed by atoms with E-state index in [-0.39, 0.29) is 30.3 Å². The number of hydrogen-bond acceptors (Lipinski definition) is 4. The molecule has 1 heterocycles. The van der Waals surface area contributed by atoms with E-state index in [2.05, 4.69) is 37.9 Å². The lowest BCUT2D eigenvalue weighted by molar-refractivity contribution is -0.132. The molecule has 1 aliphatic heterocycles. The van der Waals surface area contributed by atoms with Gasteiger partial charge < -0.3 is 20.0 Å². The van der Waals surface area contributed by atoms with Crippen molar-refractivity contribution in [2.45, 2.75) is 92.8 Å². The van der Waals surface area contributed by atoms with E-state index in [9.17, 15) is 14.4 Å². The van der Waals surface area contributed by atoms with Gasteiger partial charge >= 0.3 is 0 Å². The molecule has 1 saturated heterocycles. The summed E-state index contributed by atoms with van der Waals surface area (Å²) in [6, 6.07) is 10.3. The Labute approximate surface area is 232 Å². The minimum absolute atomic E-state index is 0.0576. The average molecular weight is 531 g/mol. The van der Waals surface area contributed by atoms with E-state index in [1.54, 1.807) is 30.8 Å². The smallest absolute Gasteiger partial charge is 0.249 e. The summed E-state index contributed by atoms with van der Waals surface area (Å²) in [6.07, 6.45) is 7.85. The zero-order chi connectivity index (χ0) is 29.1. The summed E-state index contributed by atoms with van der Waals surface area (Å²) in [7, 11) is 3.45. The first-order valence-electron chi connectivity index (χ1n) is 14.1. The number of nitrogens with one attached hydrogen (secondary N) is 1. The topological polar surface area (TPSA) is 73.0 Å². The van der Waals surface area contributed by atoms with Gasteiger partial charge in [-0.25, -0.2) is 0 Å². The average Bonchev–Trinajstić information content (AvgIpc) is 2.91. The molecular weight excluding hydrogens is 476 g/mol. The summed E-state index contributed by atoms with van der Waals surface area (Å²) in [5.74, 6) is -0.154. The van der Waals surface area contributed by atoms with E-state index in [1.165, 1.54) is 38.8 Å². The molecule has 0 aliphatic carbocycles. The van der Waals surface area contributed by atoms with Crippen molar-refractivity contribution in [2.24, 2.45) is 5.92 Å². The van der Waals surface area contributed by atoms with E-state index < -0.39 is 0 Å². The molecule has 0 aromatic heterocycles. The Kier molecular flexibility index (Phi) is 18.9. The Hall–Kier alpha value is -2.67. The molecule has 3 amide bonds. The maximum Gasteiger partial charge on any atom is 0.249 e. The summed E-state index contributed by atoms with van der Waals surface area (Å²) in [4.78, 5) is 41.0. The van der Waals surface area contributed by atoms with E-state index in [1.807, 2.05) is 50.3 Å². The molecule has 7 heteroatoms. The first kappa shape index (κ1) is 35.3. The number of carbonyl (C=O) groups excluding carboxylic acids is 3. The van der Waals surface area contributed by atoms with Crippen molar-refractivity contribution in [3.05, 3.63) is 47.5 Å². The van der Waals surface area contributed by atoms with Gasteiger partial charge in [0.05, 0.1) is 12.6 Å². The van der Waals surface area contributed by atoms with Gasteiger partial charge in [-0.3, -0.25) is 14.4 Å². The largest absolute Gasteiger partial charge is 0.350 e. The Morgan fingerprint density at radius 2 is 1.55 bits per heavy atom. The van der Waals surface area contributed by atoms with E-state index in [0.29, 0.717) is 18.5 Å². The van der Waals surface area contributed by atoms with Crippen LogP contribution in [0.5, 0.6) is 0 Å². The maximum atomic E-state index is 12.7. The lowest BCUT2D eigenvalue weighted by Crippen LogP contribution is -2.43. The molecule has 216 valence electrons. The number of amides is 3. The van der Waals surface area contributed by atoms with Gasteiger partial charge in [-0.15, -0.1) is 0 Å². The van der Waals surface area contributed by atoms with Crippen molar-refractivity contribution >= 4 is 18.2 Å². The first-order chi connectivity index (χ1) is 18.0. The standard InChI is InChI=1S/C20H29N3O3.C8H17N.C3H8/c1-15(2)18(23(5)19(25)12-21-14-24)11-16(3)20(26)22(4)13-17-9-7-6-8-10-17;1-8(2)9-6-4-3-5-7-9;1-3-2/h6-11,14-15,18H,12-13H2,1-5H3,(H,21,24);8H,3-7H2,1-2H3;3H2,1-2H3/b16-11+;;/t18-;;/m1../s1. The van der Waals surface area contributed by atoms with Crippen LogP contribution in [0.3, 0.4) is 0 Å². The highest BCUT2D eigenvalue weighted by molar-refractivity contribution is 5.93. The van der Waals surface area contributed by atoms with Crippen LogP contribution in [0.1, 0.15) is 79.7 Å². The van der Waals surface area contributed by atoms with Crippen LogP contribution in [0, 0.1) is 5.92 Å². The molecule has 2 rings (SSSR count). The fraction of sp³-hybridized carbons (Fsp3) is 0.645. The summed E-state index contributed by atoms with van der Waals surface area (Å²) >= 11 is 0. The Morgan fingerprint density at radius 3 is 2.00 bits per heavy atom. The number of piperidine rings is 1. The lowest BCUT2D eigenvalue weighted by Gasteiger charge is -2.30. The number of rotatable bonds is 10. The summed E-state index contributed by atoms with van der Waals surface area (Å²) < 4.78 is 0. The van der Waals surface area contributed by atoms with Crippen molar-refractivity contribution in [3.63, 3.8) is 0 Å². The fourth-order valence-corrected chi connectivity index (χ4v) is 4.16. The molecule has 38 heavy (non-hydrogen) atoms. The van der Waals surface area contributed by atoms with Crippen LogP contribution in [0.25, 0.3) is 0 Å². The minimum atomic E-state index is -0.231. The van der Waals surface area contributed by atoms with Gasteiger partial charge in [-0.2, -0.15) is 0 Å². The number of benzene rings is 1. The summed E-state index contributed by atoms with van der Waals surface area (Å²) in [5, 5.41) is 2.38. The second-order valence-electron chi connectivity index (χ2n) is 10.6. The van der Waals surface area contributed by atoms with Crippen LogP contribution in [0.2, 0.25) is 0 Å². The lowest BCUT2D eigenvalue weighted by atomic mass is 9.99. The highest BCUT2D eigenvalue weighted by Crippen LogP contribution is 2.15. The van der Waals surface area contributed by atoms with Crippen molar-refractivity contribution in [1.29, 1.82) is 0 Å². The molecule has 1 atom stereocenters. The second kappa shape index (κ2) is 20.3. The molecule has 1 aromatic carbocycles. The van der Waals surface area contributed by atoms with Gasteiger partial charge in [0.15, 0.2) is 0 Å². The zero-order valence-electron chi connectivity index (χ0n) is 25.5. The number of nitrogens with zero attached hydrogens (tertiary/aromatic N) is 3. The number of likely N-dealkylation sites (tertiary alicyclic amines) is 1. The third kappa shape index (κ3) is 14.3. The Bertz CT molecular complexity index is 818. The molecule has 1 N–H and O–H groups in total. The zero-order valence-corrected chi connectivity index (χ0v) is 25.5. The molecule has 1 fully saturated rings. The van der Waals surface area contributed by atoms with Gasteiger partial charge in [-0.05, 0) is 58.2 Å². The van der Waals surface area contributed by atoms with E-state index in [4.69, 9.17) is 0 Å². The Morgan fingerprint density at radius 1 is 1.00 bits per heavy atom. The molecule has 7 nitrogen and oxygen atoms in total.